The molecule has 1 amide bonds. The van der Waals surface area contributed by atoms with Crippen LogP contribution >= 0.6 is 0 Å². The van der Waals surface area contributed by atoms with Gasteiger partial charge in [-0.2, -0.15) is 4.80 Å². The topological polar surface area (TPSA) is 101 Å². The van der Waals surface area contributed by atoms with Gasteiger partial charge in [0.05, 0.1) is 14.2 Å². The Labute approximate surface area is 260 Å². The summed E-state index contributed by atoms with van der Waals surface area (Å²) in [7, 11) is 3.44. The van der Waals surface area contributed by atoms with Gasteiger partial charge in [-0.25, -0.2) is 0 Å². The summed E-state index contributed by atoms with van der Waals surface area (Å²) < 4.78 is 5.41. The largest absolute Gasteiger partial charge is 0.497 e. The highest BCUT2D eigenvalue weighted by Crippen LogP contribution is 2.29. The lowest BCUT2D eigenvalue weighted by Gasteiger charge is -2.42. The second-order valence-corrected chi connectivity index (χ2v) is 11.9. The molecule has 2 aromatic heterocycles. The van der Waals surface area contributed by atoms with Crippen molar-refractivity contribution in [3.8, 4) is 17.1 Å². The van der Waals surface area contributed by atoms with Gasteiger partial charge in [0.1, 0.15) is 5.75 Å². The van der Waals surface area contributed by atoms with Gasteiger partial charge in [0, 0.05) is 67.5 Å². The molecule has 2 aromatic carbocycles. The zero-order chi connectivity index (χ0) is 31.2. The summed E-state index contributed by atoms with van der Waals surface area (Å²) in [5.74, 6) is 1.39. The van der Waals surface area contributed by atoms with Crippen LogP contribution in [0.2, 0.25) is 0 Å². The number of piperidine rings is 1. The van der Waals surface area contributed by atoms with E-state index in [4.69, 9.17) is 4.74 Å². The lowest BCUT2D eigenvalue weighted by molar-refractivity contribution is 0.0944. The standard InChI is InChI=1S/C34H44N8O2/c1-23-11-15-35-21-28(23)22-42(29-7-9-31(44-6)10-8-29)30-13-17-41(18-14-30)26(4)12-16-36-34(43)32-24(2)19-27(20-25(32)3)33-37-39-40(5)38-33/h7-11,15,19-21,26,30H,12-14,16-18,22H2,1-6H3,(H,36,43). The van der Waals surface area contributed by atoms with Gasteiger partial charge in [0.25, 0.3) is 5.91 Å². The summed E-state index contributed by atoms with van der Waals surface area (Å²) in [6, 6.07) is 15.2. The van der Waals surface area contributed by atoms with Crippen LogP contribution in [0.25, 0.3) is 11.4 Å². The SMILES string of the molecule is COc1ccc(N(Cc2cnccc2C)C2CCN(C(C)CCNC(=O)c3c(C)cc(-c4nnn(C)n4)cc3C)CC2)cc1. The highest BCUT2D eigenvalue weighted by Gasteiger charge is 2.28. The van der Waals surface area contributed by atoms with E-state index in [-0.39, 0.29) is 5.91 Å². The van der Waals surface area contributed by atoms with Crippen molar-refractivity contribution in [2.24, 2.45) is 7.05 Å². The number of hydrogen-bond donors (Lipinski definition) is 1. The molecular weight excluding hydrogens is 552 g/mol. The van der Waals surface area contributed by atoms with Crippen LogP contribution < -0.4 is 15.0 Å². The maximum absolute atomic E-state index is 13.2. The number of tetrazole rings is 1. The number of likely N-dealkylation sites (tertiary alicyclic amines) is 1. The van der Waals surface area contributed by atoms with E-state index in [1.807, 2.05) is 50.5 Å². The highest BCUT2D eigenvalue weighted by molar-refractivity contribution is 5.97. The molecule has 3 heterocycles. The maximum Gasteiger partial charge on any atom is 0.251 e. The van der Waals surface area contributed by atoms with Crippen molar-refractivity contribution in [3.05, 3.63) is 82.7 Å². The molecule has 1 N–H and O–H groups in total. The fourth-order valence-electron chi connectivity index (χ4n) is 6.20. The minimum Gasteiger partial charge on any atom is -0.497 e. The Hall–Kier alpha value is -4.31. The van der Waals surface area contributed by atoms with Crippen molar-refractivity contribution >= 4 is 11.6 Å². The second kappa shape index (κ2) is 14.0. The number of pyridine rings is 1. The lowest BCUT2D eigenvalue weighted by Crippen LogP contribution is -2.48. The minimum atomic E-state index is -0.0367. The molecule has 1 fully saturated rings. The van der Waals surface area contributed by atoms with E-state index in [1.54, 1.807) is 14.2 Å². The normalized spacial score (nSPS) is 14.8. The molecular formula is C34H44N8O2. The third-order valence-electron chi connectivity index (χ3n) is 8.83. The van der Waals surface area contributed by atoms with E-state index in [0.717, 1.165) is 61.3 Å². The number of carbonyl (C=O) groups excluding carboxylic acids is 1. The number of anilines is 1. The Bertz CT molecular complexity index is 1540. The van der Waals surface area contributed by atoms with Gasteiger partial charge in [-0.15, -0.1) is 10.2 Å². The predicted molar refractivity (Wildman–Crippen MR) is 173 cm³/mol. The second-order valence-electron chi connectivity index (χ2n) is 11.9. The average molecular weight is 597 g/mol. The quantitative estimate of drug-likeness (QED) is 0.261. The van der Waals surface area contributed by atoms with Crippen LogP contribution in [0.5, 0.6) is 5.75 Å². The zero-order valence-corrected chi connectivity index (χ0v) is 26.7. The van der Waals surface area contributed by atoms with Gasteiger partial charge in [0.2, 0.25) is 5.82 Å². The molecule has 10 nitrogen and oxygen atoms in total. The molecule has 5 rings (SSSR count). The van der Waals surface area contributed by atoms with Crippen LogP contribution in [0, 0.1) is 20.8 Å². The molecule has 1 aliphatic rings. The van der Waals surface area contributed by atoms with Gasteiger partial charge >= 0.3 is 0 Å². The molecule has 0 bridgehead atoms. The van der Waals surface area contributed by atoms with Crippen LogP contribution in [0.15, 0.2) is 54.9 Å². The van der Waals surface area contributed by atoms with Crippen molar-refractivity contribution < 1.29 is 9.53 Å². The Morgan fingerprint density at radius 3 is 2.39 bits per heavy atom. The van der Waals surface area contributed by atoms with Gasteiger partial charge in [0.15, 0.2) is 0 Å². The van der Waals surface area contributed by atoms with E-state index in [0.29, 0.717) is 30.0 Å². The summed E-state index contributed by atoms with van der Waals surface area (Å²) in [5, 5.41) is 15.5. The Balaban J connectivity index is 1.16. The third kappa shape index (κ3) is 7.24. The number of nitrogens with one attached hydrogen (secondary N) is 1. The average Bonchev–Trinajstić information content (AvgIpc) is 3.46. The van der Waals surface area contributed by atoms with E-state index >= 15 is 0 Å². The lowest BCUT2D eigenvalue weighted by atomic mass is 9.98. The van der Waals surface area contributed by atoms with E-state index < -0.39 is 0 Å². The third-order valence-corrected chi connectivity index (χ3v) is 8.83. The molecule has 1 saturated heterocycles. The number of carbonyl (C=O) groups is 1. The number of hydrogen-bond acceptors (Lipinski definition) is 8. The number of methoxy groups -OCH3 is 1. The maximum atomic E-state index is 13.2. The van der Waals surface area contributed by atoms with Crippen molar-refractivity contribution in [1.29, 1.82) is 0 Å². The first-order valence-corrected chi connectivity index (χ1v) is 15.4. The molecule has 1 atom stereocenters. The molecule has 1 aliphatic heterocycles. The molecule has 232 valence electrons. The monoisotopic (exact) mass is 596 g/mol. The molecule has 10 heteroatoms. The first kappa shape index (κ1) is 31.1. The number of rotatable bonds is 11. The van der Waals surface area contributed by atoms with Crippen molar-refractivity contribution in [2.45, 2.75) is 65.6 Å². The number of benzene rings is 2. The fourth-order valence-corrected chi connectivity index (χ4v) is 6.20. The summed E-state index contributed by atoms with van der Waals surface area (Å²) >= 11 is 0. The van der Waals surface area contributed by atoms with Crippen molar-refractivity contribution in [2.75, 3.05) is 31.6 Å². The minimum absolute atomic E-state index is 0.0367. The number of ether oxygens (including phenoxy) is 1. The predicted octanol–water partition coefficient (Wildman–Crippen LogP) is 4.89. The van der Waals surface area contributed by atoms with E-state index in [2.05, 4.69) is 67.6 Å². The van der Waals surface area contributed by atoms with E-state index in [1.165, 1.54) is 21.6 Å². The molecule has 0 spiro atoms. The van der Waals surface area contributed by atoms with Crippen LogP contribution in [0.4, 0.5) is 5.69 Å². The van der Waals surface area contributed by atoms with E-state index in [9.17, 15) is 4.79 Å². The van der Waals surface area contributed by atoms with Gasteiger partial charge in [-0.05, 0) is 117 Å². The first-order chi connectivity index (χ1) is 21.2. The molecule has 1 unspecified atom stereocenters. The molecule has 0 aliphatic carbocycles. The highest BCUT2D eigenvalue weighted by atomic mass is 16.5. The number of amides is 1. The molecule has 4 aromatic rings. The molecule has 0 saturated carbocycles. The summed E-state index contributed by atoms with van der Waals surface area (Å²) in [6.45, 7) is 11.8. The first-order valence-electron chi connectivity index (χ1n) is 15.4. The van der Waals surface area contributed by atoms with Crippen LogP contribution in [0.3, 0.4) is 0 Å². The van der Waals surface area contributed by atoms with Crippen LogP contribution in [0.1, 0.15) is 58.8 Å². The summed E-state index contributed by atoms with van der Waals surface area (Å²) in [5.41, 5.74) is 7.10. The van der Waals surface area contributed by atoms with Gasteiger partial charge in [-0.1, -0.05) is 0 Å². The fraction of sp³-hybridized carbons (Fsp3) is 0.441. The number of aromatic nitrogens is 5. The Kier molecular flexibility index (Phi) is 9.89. The number of nitrogens with zero attached hydrogens (tertiary/aromatic N) is 7. The van der Waals surface area contributed by atoms with Crippen molar-refractivity contribution in [1.82, 2.24) is 35.4 Å². The summed E-state index contributed by atoms with van der Waals surface area (Å²) in [4.78, 5) is 24.1. The van der Waals surface area contributed by atoms with Crippen LogP contribution in [-0.4, -0.2) is 74.8 Å². The smallest absolute Gasteiger partial charge is 0.251 e. The Morgan fingerprint density at radius 2 is 1.77 bits per heavy atom. The van der Waals surface area contributed by atoms with Crippen LogP contribution in [-0.2, 0) is 13.6 Å². The summed E-state index contributed by atoms with van der Waals surface area (Å²) in [6.07, 6.45) is 6.90. The van der Waals surface area contributed by atoms with Crippen molar-refractivity contribution in [3.63, 3.8) is 0 Å². The Morgan fingerprint density at radius 1 is 1.07 bits per heavy atom. The zero-order valence-electron chi connectivity index (χ0n) is 26.7. The van der Waals surface area contributed by atoms with Gasteiger partial charge in [-0.3, -0.25) is 9.78 Å². The molecule has 0 radical (unpaired) electrons. The number of aryl methyl sites for hydroxylation is 4. The molecule has 44 heavy (non-hydrogen) atoms. The van der Waals surface area contributed by atoms with Gasteiger partial charge < -0.3 is 19.9 Å².